The Kier molecular flexibility index (Phi) is 6.40. The summed E-state index contributed by atoms with van der Waals surface area (Å²) in [6, 6.07) is 16.6. The fraction of sp³-hybridized carbons (Fsp3) is 0.385. The van der Waals surface area contributed by atoms with Crippen LogP contribution in [0.5, 0.6) is 5.75 Å². The van der Waals surface area contributed by atoms with Crippen molar-refractivity contribution in [2.75, 3.05) is 19.7 Å². The topological polar surface area (TPSA) is 47.4 Å². The van der Waals surface area contributed by atoms with Crippen LogP contribution < -0.4 is 4.74 Å². The minimum absolute atomic E-state index is 0.0923. The van der Waals surface area contributed by atoms with Crippen molar-refractivity contribution in [3.8, 4) is 5.75 Å². The molecule has 1 aromatic heterocycles. The number of hydrogen-bond acceptors (Lipinski definition) is 3. The molecule has 1 amide bonds. The molecule has 0 saturated carbocycles. The molecule has 2 atom stereocenters. The number of carbonyl (C=O) groups is 1. The van der Waals surface area contributed by atoms with Crippen LogP contribution in [0.15, 0.2) is 61.2 Å². The fourth-order valence-electron chi connectivity index (χ4n) is 4.30. The highest BCUT2D eigenvalue weighted by Gasteiger charge is 2.33. The van der Waals surface area contributed by atoms with Crippen LogP contribution in [-0.4, -0.2) is 40.1 Å². The summed E-state index contributed by atoms with van der Waals surface area (Å²) in [4.78, 5) is 19.1. The number of rotatable bonds is 9. The Bertz CT molecular complexity index is 1050. The van der Waals surface area contributed by atoms with Crippen molar-refractivity contribution in [2.24, 2.45) is 0 Å². The van der Waals surface area contributed by atoms with E-state index in [1.165, 1.54) is 5.56 Å². The second-order valence-electron chi connectivity index (χ2n) is 8.33. The predicted molar refractivity (Wildman–Crippen MR) is 125 cm³/mol. The Hall–Kier alpha value is -3.08. The summed E-state index contributed by atoms with van der Waals surface area (Å²) in [6.07, 6.45) is 3.41. The monoisotopic (exact) mass is 417 g/mol. The van der Waals surface area contributed by atoms with Crippen LogP contribution in [0.2, 0.25) is 0 Å². The standard InChI is InChI=1S/C26H31N3O2/c1-4-14-28-18-21(17-25(28)30)26-27-23-8-6-7-9-24(23)29(26)15-16-31-22-12-10-20(11-13-22)19(3)5-2/h4,6-13,19,21H,1,5,14-18H2,2-3H3/t19-,21+/m0/s1. The Morgan fingerprint density at radius 3 is 2.74 bits per heavy atom. The molecule has 0 N–H and O–H groups in total. The van der Waals surface area contributed by atoms with Crippen LogP contribution in [0.25, 0.3) is 11.0 Å². The highest BCUT2D eigenvalue weighted by molar-refractivity contribution is 5.81. The van der Waals surface area contributed by atoms with Crippen molar-refractivity contribution in [3.05, 3.63) is 72.6 Å². The molecule has 1 aliphatic heterocycles. The van der Waals surface area contributed by atoms with Crippen LogP contribution >= 0.6 is 0 Å². The lowest BCUT2D eigenvalue weighted by atomic mass is 9.99. The summed E-state index contributed by atoms with van der Waals surface area (Å²) >= 11 is 0. The Morgan fingerprint density at radius 1 is 1.23 bits per heavy atom. The molecule has 2 heterocycles. The number of imidazole rings is 1. The maximum Gasteiger partial charge on any atom is 0.223 e. The molecular weight excluding hydrogens is 386 g/mol. The van der Waals surface area contributed by atoms with Gasteiger partial charge in [-0.2, -0.15) is 0 Å². The zero-order valence-corrected chi connectivity index (χ0v) is 18.5. The Morgan fingerprint density at radius 2 is 2.00 bits per heavy atom. The molecule has 0 bridgehead atoms. The first-order chi connectivity index (χ1) is 15.1. The normalized spacial score (nSPS) is 17.3. The van der Waals surface area contributed by atoms with Crippen molar-refractivity contribution >= 4 is 16.9 Å². The molecule has 0 unspecified atom stereocenters. The number of aromatic nitrogens is 2. The van der Waals surface area contributed by atoms with Gasteiger partial charge in [0.25, 0.3) is 0 Å². The number of amides is 1. The molecule has 0 spiro atoms. The van der Waals surface area contributed by atoms with Gasteiger partial charge >= 0.3 is 0 Å². The van der Waals surface area contributed by atoms with Gasteiger partial charge in [0.2, 0.25) is 5.91 Å². The van der Waals surface area contributed by atoms with Crippen LogP contribution in [0.3, 0.4) is 0 Å². The molecule has 0 radical (unpaired) electrons. The molecule has 2 aromatic carbocycles. The van der Waals surface area contributed by atoms with Crippen molar-refractivity contribution in [2.45, 2.75) is 45.1 Å². The van der Waals surface area contributed by atoms with Crippen molar-refractivity contribution in [1.82, 2.24) is 14.5 Å². The van der Waals surface area contributed by atoms with Gasteiger partial charge in [-0.3, -0.25) is 4.79 Å². The summed E-state index contributed by atoms with van der Waals surface area (Å²) in [5, 5.41) is 0. The third kappa shape index (κ3) is 4.50. The van der Waals surface area contributed by atoms with Gasteiger partial charge in [0.05, 0.1) is 17.6 Å². The number of hydrogen-bond donors (Lipinski definition) is 0. The molecule has 31 heavy (non-hydrogen) atoms. The van der Waals surface area contributed by atoms with Gasteiger partial charge in [-0.25, -0.2) is 4.98 Å². The van der Waals surface area contributed by atoms with E-state index in [4.69, 9.17) is 9.72 Å². The third-order valence-electron chi connectivity index (χ3n) is 6.26. The van der Waals surface area contributed by atoms with Gasteiger partial charge in [-0.15, -0.1) is 6.58 Å². The lowest BCUT2D eigenvalue weighted by Gasteiger charge is -2.16. The lowest BCUT2D eigenvalue weighted by molar-refractivity contribution is -0.127. The van der Waals surface area contributed by atoms with Gasteiger partial charge in [0.15, 0.2) is 0 Å². The number of likely N-dealkylation sites (tertiary alicyclic amines) is 1. The molecule has 1 saturated heterocycles. The van der Waals surface area contributed by atoms with Crippen LogP contribution in [0, 0.1) is 0 Å². The molecule has 162 valence electrons. The Balaban J connectivity index is 1.50. The molecular formula is C26H31N3O2. The van der Waals surface area contributed by atoms with Gasteiger partial charge in [0, 0.05) is 25.4 Å². The van der Waals surface area contributed by atoms with Crippen molar-refractivity contribution < 1.29 is 9.53 Å². The second-order valence-corrected chi connectivity index (χ2v) is 8.33. The molecule has 1 aliphatic rings. The van der Waals surface area contributed by atoms with E-state index >= 15 is 0 Å². The maximum absolute atomic E-state index is 12.4. The van der Waals surface area contributed by atoms with E-state index < -0.39 is 0 Å². The van der Waals surface area contributed by atoms with Gasteiger partial charge < -0.3 is 14.2 Å². The first-order valence-corrected chi connectivity index (χ1v) is 11.2. The van der Waals surface area contributed by atoms with Crippen molar-refractivity contribution in [1.29, 1.82) is 0 Å². The third-order valence-corrected chi connectivity index (χ3v) is 6.26. The summed E-state index contributed by atoms with van der Waals surface area (Å²) in [5.41, 5.74) is 3.39. The first kappa shape index (κ1) is 21.2. The quantitative estimate of drug-likeness (QED) is 0.454. The van der Waals surface area contributed by atoms with Gasteiger partial charge in [0.1, 0.15) is 18.2 Å². The number of nitrogens with zero attached hydrogens (tertiary/aromatic N) is 3. The zero-order valence-electron chi connectivity index (χ0n) is 18.5. The number of fused-ring (bicyclic) bond motifs is 1. The summed E-state index contributed by atoms with van der Waals surface area (Å²) in [5.74, 6) is 2.67. The Labute approximate surface area is 184 Å². The second kappa shape index (κ2) is 9.38. The smallest absolute Gasteiger partial charge is 0.223 e. The SMILES string of the molecule is C=CCN1C[C@H](c2nc3ccccc3n2CCOc2ccc([C@@H](C)CC)cc2)CC1=O. The molecule has 3 aromatic rings. The van der Waals surface area contributed by atoms with E-state index in [0.717, 1.165) is 29.0 Å². The van der Waals surface area contributed by atoms with Crippen molar-refractivity contribution in [3.63, 3.8) is 0 Å². The van der Waals surface area contributed by atoms with E-state index in [1.807, 2.05) is 23.1 Å². The van der Waals surface area contributed by atoms with Gasteiger partial charge in [-0.1, -0.05) is 44.2 Å². The highest BCUT2D eigenvalue weighted by Crippen LogP contribution is 2.30. The predicted octanol–water partition coefficient (Wildman–Crippen LogP) is 5.13. The van der Waals surface area contributed by atoms with E-state index in [2.05, 4.69) is 55.3 Å². The van der Waals surface area contributed by atoms with Crippen LogP contribution in [-0.2, 0) is 11.3 Å². The molecule has 0 aliphatic carbocycles. The highest BCUT2D eigenvalue weighted by atomic mass is 16.5. The average molecular weight is 418 g/mol. The minimum atomic E-state index is 0.0923. The number of carbonyl (C=O) groups excluding carboxylic acids is 1. The van der Waals surface area contributed by atoms with E-state index in [9.17, 15) is 4.79 Å². The summed E-state index contributed by atoms with van der Waals surface area (Å²) in [7, 11) is 0. The number of para-hydroxylation sites is 2. The number of ether oxygens (including phenoxy) is 1. The summed E-state index contributed by atoms with van der Waals surface area (Å²) < 4.78 is 8.28. The molecule has 5 heteroatoms. The largest absolute Gasteiger partial charge is 0.492 e. The number of benzene rings is 2. The average Bonchev–Trinajstić information content (AvgIpc) is 3.34. The fourth-order valence-corrected chi connectivity index (χ4v) is 4.30. The minimum Gasteiger partial charge on any atom is -0.492 e. The molecule has 4 rings (SSSR count). The van der Waals surface area contributed by atoms with Gasteiger partial charge in [-0.05, 0) is 42.2 Å². The van der Waals surface area contributed by atoms with E-state index in [1.54, 1.807) is 6.08 Å². The first-order valence-electron chi connectivity index (χ1n) is 11.2. The van der Waals surface area contributed by atoms with Crippen LogP contribution in [0.1, 0.15) is 49.9 Å². The molecule has 5 nitrogen and oxygen atoms in total. The molecule has 1 fully saturated rings. The zero-order chi connectivity index (χ0) is 21.8. The van der Waals surface area contributed by atoms with Crippen LogP contribution in [0.4, 0.5) is 0 Å². The summed E-state index contributed by atoms with van der Waals surface area (Å²) in [6.45, 7) is 10.7. The van der Waals surface area contributed by atoms with E-state index in [-0.39, 0.29) is 11.8 Å². The van der Waals surface area contributed by atoms with E-state index in [0.29, 0.717) is 38.6 Å². The maximum atomic E-state index is 12.4. The lowest BCUT2D eigenvalue weighted by Crippen LogP contribution is -2.25.